The second-order valence-electron chi connectivity index (χ2n) is 12.8. The first-order valence-electron chi connectivity index (χ1n) is 13.0. The summed E-state index contributed by atoms with van der Waals surface area (Å²) in [5.41, 5.74) is -1.47. The number of hydrogen-bond donors (Lipinski definition) is 2. The highest BCUT2D eigenvalue weighted by Gasteiger charge is 2.70. The topological polar surface area (TPSA) is 57.5 Å². The lowest BCUT2D eigenvalue weighted by molar-refractivity contribution is -0.211. The zero-order valence-corrected chi connectivity index (χ0v) is 22.0. The SMILES string of the molecule is CC(C)CCC[C@@H](C)[C@H]1CC[C@H]2[C@@H]3[C@@H](Br)C(=O)[C@@]4(O)C[C@@H](O)CC[C@]4(C)[C@H]3CC[C@]12C. The Kier molecular flexibility index (Phi) is 6.54. The van der Waals surface area contributed by atoms with Crippen LogP contribution in [0.5, 0.6) is 0 Å². The predicted molar refractivity (Wildman–Crippen MR) is 129 cm³/mol. The number of Topliss-reactive ketones (excluding diaryl/α,β-unsaturated/α-hetero) is 1. The third-order valence-corrected chi connectivity index (χ3v) is 11.8. The van der Waals surface area contributed by atoms with E-state index in [0.29, 0.717) is 29.6 Å². The minimum atomic E-state index is -1.38. The standard InChI is InChI=1S/C27H45BrO3/c1-16(2)7-6-8-17(3)19-9-10-20-22-21(12-13-25(19,20)4)26(5)14-11-18(29)15-27(26,31)24(30)23(22)28/h16-23,29,31H,6-15H2,1-5H3/t17-,18+,19-,20+,21+,22+,23-,25-,26-,27+/m1/s1. The molecule has 0 heterocycles. The maximum Gasteiger partial charge on any atom is 0.178 e. The van der Waals surface area contributed by atoms with Gasteiger partial charge in [-0.25, -0.2) is 0 Å². The summed E-state index contributed by atoms with van der Waals surface area (Å²) in [4.78, 5) is 13.3. The Morgan fingerprint density at radius 2 is 1.74 bits per heavy atom. The zero-order valence-electron chi connectivity index (χ0n) is 20.4. The first-order valence-corrected chi connectivity index (χ1v) is 14.0. The lowest BCUT2D eigenvalue weighted by atomic mass is 9.42. The number of fused-ring (bicyclic) bond motifs is 5. The molecule has 31 heavy (non-hydrogen) atoms. The molecule has 0 saturated heterocycles. The molecule has 0 aromatic heterocycles. The number of aliphatic hydroxyl groups is 2. The van der Waals surface area contributed by atoms with E-state index >= 15 is 0 Å². The Morgan fingerprint density at radius 3 is 2.42 bits per heavy atom. The normalized spacial score (nSPS) is 50.7. The zero-order chi connectivity index (χ0) is 22.8. The lowest BCUT2D eigenvalue weighted by Crippen LogP contribution is -2.70. The predicted octanol–water partition coefficient (Wildman–Crippen LogP) is 6.14. The smallest absolute Gasteiger partial charge is 0.178 e. The van der Waals surface area contributed by atoms with Gasteiger partial charge >= 0.3 is 0 Å². The van der Waals surface area contributed by atoms with E-state index in [0.717, 1.165) is 30.6 Å². The maximum atomic E-state index is 13.6. The number of halogens is 1. The van der Waals surface area contributed by atoms with E-state index in [9.17, 15) is 15.0 Å². The molecule has 0 amide bonds. The molecule has 178 valence electrons. The highest BCUT2D eigenvalue weighted by molar-refractivity contribution is 9.10. The average Bonchev–Trinajstić information content (AvgIpc) is 3.05. The molecule has 4 aliphatic carbocycles. The molecule has 4 aliphatic rings. The molecule has 0 unspecified atom stereocenters. The van der Waals surface area contributed by atoms with Gasteiger partial charge in [-0.3, -0.25) is 4.79 Å². The van der Waals surface area contributed by atoms with Crippen LogP contribution in [0.15, 0.2) is 0 Å². The molecule has 0 radical (unpaired) electrons. The van der Waals surface area contributed by atoms with Crippen molar-refractivity contribution in [3.63, 3.8) is 0 Å². The van der Waals surface area contributed by atoms with Crippen molar-refractivity contribution in [3.8, 4) is 0 Å². The van der Waals surface area contributed by atoms with Crippen molar-refractivity contribution in [3.05, 3.63) is 0 Å². The van der Waals surface area contributed by atoms with Crippen LogP contribution in [0.2, 0.25) is 0 Å². The second kappa shape index (κ2) is 8.38. The maximum absolute atomic E-state index is 13.6. The molecule has 0 spiro atoms. The summed E-state index contributed by atoms with van der Waals surface area (Å²) >= 11 is 3.82. The van der Waals surface area contributed by atoms with Crippen LogP contribution < -0.4 is 0 Å². The number of hydrogen-bond acceptors (Lipinski definition) is 3. The Labute approximate surface area is 198 Å². The van der Waals surface area contributed by atoms with Gasteiger partial charge in [0.1, 0.15) is 5.60 Å². The highest BCUT2D eigenvalue weighted by Crippen LogP contribution is 2.69. The van der Waals surface area contributed by atoms with Gasteiger partial charge in [-0.1, -0.05) is 69.8 Å². The van der Waals surface area contributed by atoms with Crippen LogP contribution in [-0.4, -0.2) is 32.5 Å². The van der Waals surface area contributed by atoms with Crippen LogP contribution >= 0.6 is 15.9 Å². The van der Waals surface area contributed by atoms with Crippen molar-refractivity contribution in [1.82, 2.24) is 0 Å². The highest BCUT2D eigenvalue weighted by atomic mass is 79.9. The summed E-state index contributed by atoms with van der Waals surface area (Å²) in [5, 5.41) is 21.9. The fourth-order valence-electron chi connectivity index (χ4n) is 9.00. The van der Waals surface area contributed by atoms with Gasteiger partial charge in [-0.05, 0) is 79.4 Å². The Bertz CT molecular complexity index is 694. The number of alkyl halides is 1. The number of carbonyl (C=O) groups is 1. The van der Waals surface area contributed by atoms with Crippen molar-refractivity contribution in [1.29, 1.82) is 0 Å². The van der Waals surface area contributed by atoms with Crippen molar-refractivity contribution in [2.45, 2.75) is 115 Å². The molecule has 4 fully saturated rings. The van der Waals surface area contributed by atoms with E-state index in [1.165, 1.54) is 38.5 Å². The summed E-state index contributed by atoms with van der Waals surface area (Å²) in [6, 6.07) is 0. The van der Waals surface area contributed by atoms with Crippen molar-refractivity contribution < 1.29 is 15.0 Å². The first-order chi connectivity index (χ1) is 14.5. The molecule has 4 rings (SSSR count). The van der Waals surface area contributed by atoms with E-state index in [1.54, 1.807) is 0 Å². The fourth-order valence-corrected chi connectivity index (χ4v) is 10.1. The average molecular weight is 498 g/mol. The molecule has 0 bridgehead atoms. The van der Waals surface area contributed by atoms with Crippen molar-refractivity contribution >= 4 is 21.7 Å². The molecule has 0 aliphatic heterocycles. The van der Waals surface area contributed by atoms with E-state index in [2.05, 4.69) is 50.5 Å². The van der Waals surface area contributed by atoms with Crippen LogP contribution in [0.1, 0.15) is 98.8 Å². The summed E-state index contributed by atoms with van der Waals surface area (Å²) in [6.45, 7) is 11.8. The van der Waals surface area contributed by atoms with Crippen LogP contribution in [0, 0.1) is 46.3 Å². The molecule has 0 aromatic carbocycles. The Balaban J connectivity index is 1.58. The van der Waals surface area contributed by atoms with Gasteiger partial charge in [0.15, 0.2) is 5.78 Å². The quantitative estimate of drug-likeness (QED) is 0.449. The van der Waals surface area contributed by atoms with Gasteiger partial charge in [0, 0.05) is 11.8 Å². The van der Waals surface area contributed by atoms with Crippen molar-refractivity contribution in [2.24, 2.45) is 46.3 Å². The summed E-state index contributed by atoms with van der Waals surface area (Å²) < 4.78 is 0. The fraction of sp³-hybridized carbons (Fsp3) is 0.963. The van der Waals surface area contributed by atoms with Gasteiger partial charge in [0.25, 0.3) is 0 Å². The minimum Gasteiger partial charge on any atom is -0.393 e. The molecule has 2 N–H and O–H groups in total. The lowest BCUT2D eigenvalue weighted by Gasteiger charge is -2.64. The third kappa shape index (κ3) is 3.60. The van der Waals surface area contributed by atoms with E-state index in [-0.39, 0.29) is 17.0 Å². The van der Waals surface area contributed by atoms with Gasteiger partial charge in [0.2, 0.25) is 0 Å². The number of ketones is 1. The largest absolute Gasteiger partial charge is 0.393 e. The Morgan fingerprint density at radius 1 is 1.03 bits per heavy atom. The molecular weight excluding hydrogens is 452 g/mol. The molecule has 4 heteroatoms. The second-order valence-corrected chi connectivity index (χ2v) is 13.7. The molecular formula is C27H45BrO3. The summed E-state index contributed by atoms with van der Waals surface area (Å²) in [6.07, 6.45) is 9.94. The van der Waals surface area contributed by atoms with Crippen LogP contribution in [0.4, 0.5) is 0 Å². The van der Waals surface area contributed by atoms with E-state index in [1.807, 2.05) is 0 Å². The van der Waals surface area contributed by atoms with E-state index < -0.39 is 17.1 Å². The number of aliphatic hydroxyl groups excluding tert-OH is 1. The van der Waals surface area contributed by atoms with Crippen LogP contribution in [-0.2, 0) is 4.79 Å². The summed E-state index contributed by atoms with van der Waals surface area (Å²) in [5.74, 6) is 3.47. The van der Waals surface area contributed by atoms with Gasteiger partial charge in [-0.15, -0.1) is 0 Å². The summed E-state index contributed by atoms with van der Waals surface area (Å²) in [7, 11) is 0. The van der Waals surface area contributed by atoms with Gasteiger partial charge in [-0.2, -0.15) is 0 Å². The molecule has 0 aromatic rings. The van der Waals surface area contributed by atoms with Crippen LogP contribution in [0.3, 0.4) is 0 Å². The van der Waals surface area contributed by atoms with Gasteiger partial charge < -0.3 is 10.2 Å². The molecule has 10 atom stereocenters. The third-order valence-electron chi connectivity index (χ3n) is 10.8. The first kappa shape index (κ1) is 24.2. The number of rotatable bonds is 5. The van der Waals surface area contributed by atoms with Crippen LogP contribution in [0.25, 0.3) is 0 Å². The monoisotopic (exact) mass is 496 g/mol. The minimum absolute atomic E-state index is 0.0484. The van der Waals surface area contributed by atoms with Crippen molar-refractivity contribution in [2.75, 3.05) is 0 Å². The molecule has 3 nitrogen and oxygen atoms in total. The van der Waals surface area contributed by atoms with Gasteiger partial charge in [0.05, 0.1) is 10.9 Å². The molecule has 4 saturated carbocycles. The Hall–Kier alpha value is 0.0700. The number of carbonyl (C=O) groups excluding carboxylic acids is 1. The van der Waals surface area contributed by atoms with E-state index in [4.69, 9.17) is 0 Å².